The van der Waals surface area contributed by atoms with Gasteiger partial charge in [0.05, 0.1) is 5.69 Å². The van der Waals surface area contributed by atoms with Crippen molar-refractivity contribution >= 4 is 35.1 Å². The number of carbonyl (C=O) groups excluding carboxylic acids is 2. The normalized spacial score (nSPS) is 16.7. The van der Waals surface area contributed by atoms with Gasteiger partial charge in [-0.1, -0.05) is 22.8 Å². The number of anilines is 2. The quantitative estimate of drug-likeness (QED) is 0.891. The molecule has 8 heteroatoms. The summed E-state index contributed by atoms with van der Waals surface area (Å²) in [6, 6.07) is 6.92. The fourth-order valence-electron chi connectivity index (χ4n) is 3.44. The largest absolute Gasteiger partial charge is 0.338 e. The molecular formula is C18H19ClN4O3. The lowest BCUT2D eigenvalue weighted by atomic mass is 9.98. The molecule has 0 radical (unpaired) electrons. The van der Waals surface area contributed by atoms with Gasteiger partial charge in [0.25, 0.3) is 0 Å². The summed E-state index contributed by atoms with van der Waals surface area (Å²) in [5.41, 5.74) is 2.64. The van der Waals surface area contributed by atoms with Crippen LogP contribution in [0.3, 0.4) is 0 Å². The van der Waals surface area contributed by atoms with E-state index in [1.165, 1.54) is 4.90 Å². The molecule has 7 nitrogen and oxygen atoms in total. The van der Waals surface area contributed by atoms with Gasteiger partial charge in [-0.2, -0.15) is 0 Å². The zero-order valence-corrected chi connectivity index (χ0v) is 15.0. The molecule has 1 N–H and O–H groups in total. The van der Waals surface area contributed by atoms with E-state index in [0.717, 1.165) is 42.6 Å². The molecule has 3 amide bonds. The van der Waals surface area contributed by atoms with Gasteiger partial charge in [-0.3, -0.25) is 15.0 Å². The number of fused-ring (bicyclic) bond motifs is 1. The van der Waals surface area contributed by atoms with Gasteiger partial charge >= 0.3 is 6.03 Å². The van der Waals surface area contributed by atoms with Crippen LogP contribution in [0.25, 0.3) is 0 Å². The maximum atomic E-state index is 12.6. The maximum absolute atomic E-state index is 12.6. The summed E-state index contributed by atoms with van der Waals surface area (Å²) in [7, 11) is 0. The number of hydrogen-bond acceptors (Lipinski definition) is 4. The van der Waals surface area contributed by atoms with Crippen LogP contribution in [0, 0.1) is 0 Å². The number of halogens is 1. The van der Waals surface area contributed by atoms with Gasteiger partial charge in [0.15, 0.2) is 0 Å². The third kappa shape index (κ3) is 3.26. The number of urea groups is 1. The number of hydrogen-bond donors (Lipinski definition) is 1. The fourth-order valence-corrected chi connectivity index (χ4v) is 3.63. The Morgan fingerprint density at radius 3 is 2.96 bits per heavy atom. The average molecular weight is 375 g/mol. The first-order valence-electron chi connectivity index (χ1n) is 8.71. The van der Waals surface area contributed by atoms with Crippen LogP contribution < -0.4 is 10.2 Å². The molecule has 0 saturated carbocycles. The summed E-state index contributed by atoms with van der Waals surface area (Å²) in [4.78, 5) is 28.1. The summed E-state index contributed by atoms with van der Waals surface area (Å²) >= 11 is 6.00. The third-order valence-corrected chi connectivity index (χ3v) is 5.00. The first-order valence-corrected chi connectivity index (χ1v) is 9.09. The van der Waals surface area contributed by atoms with E-state index in [9.17, 15) is 9.59 Å². The summed E-state index contributed by atoms with van der Waals surface area (Å²) in [6.45, 7) is 0.975. The van der Waals surface area contributed by atoms with Crippen LogP contribution in [0.4, 0.5) is 16.4 Å². The van der Waals surface area contributed by atoms with E-state index in [0.29, 0.717) is 24.0 Å². The zero-order chi connectivity index (χ0) is 18.1. The lowest BCUT2D eigenvalue weighted by molar-refractivity contribution is -0.116. The Bertz CT molecular complexity index is 851. The zero-order valence-electron chi connectivity index (χ0n) is 14.2. The van der Waals surface area contributed by atoms with Crippen molar-refractivity contribution in [3.63, 3.8) is 0 Å². The Morgan fingerprint density at radius 2 is 2.12 bits per heavy atom. The van der Waals surface area contributed by atoms with E-state index in [1.54, 1.807) is 23.1 Å². The van der Waals surface area contributed by atoms with Gasteiger partial charge < -0.3 is 9.42 Å². The minimum absolute atomic E-state index is 0.0224. The van der Waals surface area contributed by atoms with Crippen LogP contribution in [0.1, 0.15) is 24.1 Å². The van der Waals surface area contributed by atoms with Crippen LogP contribution in [-0.2, 0) is 17.6 Å². The molecule has 2 aliphatic rings. The van der Waals surface area contributed by atoms with E-state index < -0.39 is 0 Å². The highest BCUT2D eigenvalue weighted by Gasteiger charge is 2.31. The van der Waals surface area contributed by atoms with Crippen molar-refractivity contribution in [2.45, 2.75) is 25.7 Å². The highest BCUT2D eigenvalue weighted by Crippen LogP contribution is 2.28. The second-order valence-electron chi connectivity index (χ2n) is 6.53. The van der Waals surface area contributed by atoms with Gasteiger partial charge in [-0.05, 0) is 43.9 Å². The average Bonchev–Trinajstić information content (AvgIpc) is 3.20. The molecule has 1 aliphatic heterocycles. The van der Waals surface area contributed by atoms with E-state index in [4.69, 9.17) is 16.1 Å². The monoisotopic (exact) mass is 374 g/mol. The van der Waals surface area contributed by atoms with E-state index in [1.807, 2.05) is 6.07 Å². The van der Waals surface area contributed by atoms with E-state index in [-0.39, 0.29) is 18.5 Å². The molecule has 4 rings (SSSR count). The second-order valence-corrected chi connectivity index (χ2v) is 6.96. The number of benzene rings is 1. The van der Waals surface area contributed by atoms with Crippen LogP contribution in [0.15, 0.2) is 28.8 Å². The molecule has 1 aromatic heterocycles. The van der Waals surface area contributed by atoms with Crippen molar-refractivity contribution in [1.29, 1.82) is 0 Å². The van der Waals surface area contributed by atoms with Gasteiger partial charge in [0, 0.05) is 29.4 Å². The van der Waals surface area contributed by atoms with Crippen LogP contribution in [0.5, 0.6) is 0 Å². The van der Waals surface area contributed by atoms with Gasteiger partial charge in [-0.25, -0.2) is 4.79 Å². The molecule has 26 heavy (non-hydrogen) atoms. The molecule has 2 aromatic rings. The molecule has 136 valence electrons. The maximum Gasteiger partial charge on any atom is 0.325 e. The number of nitrogens with one attached hydrogen (secondary N) is 1. The molecule has 1 saturated heterocycles. The summed E-state index contributed by atoms with van der Waals surface area (Å²) in [5.74, 6) is 0.138. The number of amides is 3. The van der Waals surface area contributed by atoms with Crippen molar-refractivity contribution < 1.29 is 14.1 Å². The van der Waals surface area contributed by atoms with Crippen LogP contribution >= 0.6 is 11.6 Å². The Kier molecular flexibility index (Phi) is 4.55. The SMILES string of the molecule is O=C(CN1CCN(c2cccc(Cl)c2)C1=O)Nc1onc2c1CCCC2. The van der Waals surface area contributed by atoms with Crippen molar-refractivity contribution in [1.82, 2.24) is 10.1 Å². The molecular weight excluding hydrogens is 356 g/mol. The fraction of sp³-hybridized carbons (Fsp3) is 0.389. The molecule has 1 aliphatic carbocycles. The molecule has 0 unspecified atom stereocenters. The van der Waals surface area contributed by atoms with Crippen molar-refractivity contribution in [3.05, 3.63) is 40.5 Å². The molecule has 1 fully saturated rings. The molecule has 2 heterocycles. The summed E-state index contributed by atoms with van der Waals surface area (Å²) in [5, 5.41) is 7.36. The smallest absolute Gasteiger partial charge is 0.325 e. The number of nitrogens with zero attached hydrogens (tertiary/aromatic N) is 3. The molecule has 1 aromatic carbocycles. The first-order chi connectivity index (χ1) is 12.6. The van der Waals surface area contributed by atoms with E-state index >= 15 is 0 Å². The predicted molar refractivity (Wildman–Crippen MR) is 97.5 cm³/mol. The third-order valence-electron chi connectivity index (χ3n) is 4.76. The van der Waals surface area contributed by atoms with E-state index in [2.05, 4.69) is 10.5 Å². The highest BCUT2D eigenvalue weighted by atomic mass is 35.5. The highest BCUT2D eigenvalue weighted by molar-refractivity contribution is 6.30. The Balaban J connectivity index is 1.39. The number of aromatic nitrogens is 1. The molecule has 0 spiro atoms. The van der Waals surface area contributed by atoms with Crippen molar-refractivity contribution in [2.24, 2.45) is 0 Å². The lowest BCUT2D eigenvalue weighted by Gasteiger charge is -2.18. The molecule has 0 bridgehead atoms. The van der Waals surface area contributed by atoms with Crippen LogP contribution in [0.2, 0.25) is 5.02 Å². The van der Waals surface area contributed by atoms with Gasteiger partial charge in [-0.15, -0.1) is 0 Å². The lowest BCUT2D eigenvalue weighted by Crippen LogP contribution is -2.37. The summed E-state index contributed by atoms with van der Waals surface area (Å²) < 4.78 is 5.27. The number of rotatable bonds is 4. The molecule has 0 atom stereocenters. The number of carbonyl (C=O) groups is 2. The minimum Gasteiger partial charge on any atom is -0.338 e. The second kappa shape index (κ2) is 6.99. The summed E-state index contributed by atoms with van der Waals surface area (Å²) in [6.07, 6.45) is 3.90. The van der Waals surface area contributed by atoms with Gasteiger partial charge in [0.1, 0.15) is 6.54 Å². The predicted octanol–water partition coefficient (Wildman–Crippen LogP) is 3.09. The first kappa shape index (κ1) is 16.9. The van der Waals surface area contributed by atoms with Crippen molar-refractivity contribution in [2.75, 3.05) is 29.9 Å². The minimum atomic E-state index is -0.282. The Hall–Kier alpha value is -2.54. The number of aryl methyl sites for hydroxylation is 1. The topological polar surface area (TPSA) is 78.7 Å². The van der Waals surface area contributed by atoms with Crippen molar-refractivity contribution in [3.8, 4) is 0 Å². The van der Waals surface area contributed by atoms with Crippen LogP contribution in [-0.4, -0.2) is 41.6 Å². The Morgan fingerprint density at radius 1 is 1.27 bits per heavy atom. The standard InChI is InChI=1S/C18H19ClN4O3/c19-12-4-3-5-13(10-12)23-9-8-22(18(23)25)11-16(24)20-17-14-6-1-2-7-15(14)21-26-17/h3-5,10H,1-2,6-9,11H2,(H,20,24). The Labute approximate surface area is 155 Å². The van der Waals surface area contributed by atoms with Gasteiger partial charge in [0.2, 0.25) is 11.8 Å².